The second kappa shape index (κ2) is 16.5. The van der Waals surface area contributed by atoms with E-state index in [0.29, 0.717) is 6.54 Å². The van der Waals surface area contributed by atoms with Crippen molar-refractivity contribution >= 4 is 49.2 Å². The van der Waals surface area contributed by atoms with E-state index in [1.54, 1.807) is 0 Å². The topological polar surface area (TPSA) is 21.9 Å². The Morgan fingerprint density at radius 1 is 0.547 bits per heavy atom. The SMILES string of the molecule is C#Cc1c(-c2ccccc2C)c2ccccc2n1-c1cc(/C(=C/Cc2ccccc2-c2ccccc2)NCc2ccccc2)cc(-n2c3ccccc3c3c4ccccc4ccc32)c1. The molecule has 0 aliphatic heterocycles. The van der Waals surface area contributed by atoms with Crippen molar-refractivity contribution in [2.24, 2.45) is 0 Å². The number of rotatable bonds is 10. The monoisotopic (exact) mass is 819 g/mol. The van der Waals surface area contributed by atoms with Gasteiger partial charge in [-0.05, 0) is 93.9 Å². The van der Waals surface area contributed by atoms with E-state index in [0.717, 1.165) is 67.8 Å². The molecule has 3 nitrogen and oxygen atoms in total. The first-order valence-corrected chi connectivity index (χ1v) is 22.0. The van der Waals surface area contributed by atoms with Gasteiger partial charge in [-0.2, -0.15) is 0 Å². The van der Waals surface area contributed by atoms with E-state index in [1.807, 2.05) is 0 Å². The van der Waals surface area contributed by atoms with Gasteiger partial charge in [-0.3, -0.25) is 0 Å². The Morgan fingerprint density at radius 2 is 1.16 bits per heavy atom. The predicted molar refractivity (Wildman–Crippen MR) is 270 cm³/mol. The highest BCUT2D eigenvalue weighted by atomic mass is 15.0. The highest BCUT2D eigenvalue weighted by Crippen LogP contribution is 2.41. The van der Waals surface area contributed by atoms with Crippen LogP contribution < -0.4 is 5.32 Å². The molecular formula is C61H45N3. The van der Waals surface area contributed by atoms with E-state index < -0.39 is 0 Å². The highest BCUT2D eigenvalue weighted by Gasteiger charge is 2.22. The smallest absolute Gasteiger partial charge is 0.105 e. The van der Waals surface area contributed by atoms with E-state index >= 15 is 0 Å². The number of hydrogen-bond donors (Lipinski definition) is 1. The maximum Gasteiger partial charge on any atom is 0.105 e. The number of hydrogen-bond acceptors (Lipinski definition) is 1. The normalized spacial score (nSPS) is 11.7. The van der Waals surface area contributed by atoms with Crippen LogP contribution in [0.3, 0.4) is 0 Å². The maximum absolute atomic E-state index is 6.66. The third-order valence-corrected chi connectivity index (χ3v) is 12.7. The number of para-hydroxylation sites is 2. The van der Waals surface area contributed by atoms with Crippen LogP contribution in [0.15, 0.2) is 218 Å². The standard InChI is InChI=1S/C61H45N3/c1-3-56-60(50-27-13-10-20-42(50)2)53-30-16-18-32-57(53)63(56)48-38-47(39-49(40-48)64-58-33-19-17-31-54(58)61-52-29-15-12-26-46(52)35-37-59(61)64)55(62-41-43-21-6-4-7-22-43)36-34-45-25-11-14-28-51(45)44-23-8-5-9-24-44/h1,4-33,35-40,62H,34,41H2,2H3/b55-36-. The van der Waals surface area contributed by atoms with Gasteiger partial charge in [-0.1, -0.05) is 188 Å². The first-order chi connectivity index (χ1) is 31.6. The Balaban J connectivity index is 1.19. The summed E-state index contributed by atoms with van der Waals surface area (Å²) in [5, 5.41) is 9.98. The van der Waals surface area contributed by atoms with Gasteiger partial charge in [0.15, 0.2) is 0 Å². The molecule has 0 aliphatic carbocycles. The van der Waals surface area contributed by atoms with Crippen molar-refractivity contribution in [1.82, 2.24) is 14.5 Å². The van der Waals surface area contributed by atoms with E-state index in [9.17, 15) is 0 Å². The molecule has 0 bridgehead atoms. The molecule has 0 radical (unpaired) electrons. The predicted octanol–water partition coefficient (Wildman–Crippen LogP) is 14.9. The lowest BCUT2D eigenvalue weighted by molar-refractivity contribution is 0.885. The Labute approximate surface area is 374 Å². The number of aryl methyl sites for hydroxylation is 1. The van der Waals surface area contributed by atoms with Gasteiger partial charge in [-0.25, -0.2) is 0 Å². The van der Waals surface area contributed by atoms with E-state index in [4.69, 9.17) is 6.42 Å². The third-order valence-electron chi connectivity index (χ3n) is 12.7. The number of aromatic nitrogens is 2. The second-order valence-electron chi connectivity index (χ2n) is 16.5. The molecule has 0 saturated carbocycles. The lowest BCUT2D eigenvalue weighted by atomic mass is 9.97. The summed E-state index contributed by atoms with van der Waals surface area (Å²) >= 11 is 0. The Morgan fingerprint density at radius 3 is 1.92 bits per heavy atom. The zero-order chi connectivity index (χ0) is 43.0. The zero-order valence-corrected chi connectivity index (χ0v) is 35.7. The van der Waals surface area contributed by atoms with Crippen molar-refractivity contribution < 1.29 is 0 Å². The minimum atomic E-state index is 0.660. The Hall–Kier alpha value is -8.32. The number of nitrogens with zero attached hydrogens (tertiary/aromatic N) is 2. The molecule has 64 heavy (non-hydrogen) atoms. The van der Waals surface area contributed by atoms with Crippen molar-refractivity contribution in [3.63, 3.8) is 0 Å². The fourth-order valence-electron chi connectivity index (χ4n) is 9.69. The fourth-order valence-corrected chi connectivity index (χ4v) is 9.69. The molecule has 0 saturated heterocycles. The number of benzene rings is 9. The molecule has 11 aromatic rings. The molecule has 11 rings (SSSR count). The van der Waals surface area contributed by atoms with Crippen LogP contribution in [-0.4, -0.2) is 9.13 Å². The maximum atomic E-state index is 6.66. The summed E-state index contributed by atoms with van der Waals surface area (Å²) < 4.78 is 4.74. The highest BCUT2D eigenvalue weighted by molar-refractivity contribution is 6.21. The minimum absolute atomic E-state index is 0.660. The van der Waals surface area contributed by atoms with Gasteiger partial charge in [0.05, 0.1) is 16.6 Å². The van der Waals surface area contributed by atoms with Crippen molar-refractivity contribution in [3.8, 4) is 46.0 Å². The molecule has 0 aliphatic rings. The van der Waals surface area contributed by atoms with Crippen LogP contribution in [0.25, 0.3) is 82.8 Å². The minimum Gasteiger partial charge on any atom is -0.381 e. The first-order valence-electron chi connectivity index (χ1n) is 22.0. The van der Waals surface area contributed by atoms with Crippen LogP contribution in [0.4, 0.5) is 0 Å². The summed E-state index contributed by atoms with van der Waals surface area (Å²) in [7, 11) is 0. The van der Waals surface area contributed by atoms with Crippen molar-refractivity contribution in [3.05, 3.63) is 246 Å². The molecule has 304 valence electrons. The van der Waals surface area contributed by atoms with Gasteiger partial charge >= 0.3 is 0 Å². The summed E-state index contributed by atoms with van der Waals surface area (Å²) in [6.45, 7) is 2.82. The summed E-state index contributed by atoms with van der Waals surface area (Å²) in [4.78, 5) is 0. The van der Waals surface area contributed by atoms with E-state index in [1.165, 1.54) is 49.4 Å². The van der Waals surface area contributed by atoms with Crippen LogP contribution in [-0.2, 0) is 13.0 Å². The molecule has 3 heteroatoms. The number of terminal acetylenes is 1. The average Bonchev–Trinajstić information content (AvgIpc) is 3.88. The number of nitrogens with one attached hydrogen (secondary N) is 1. The average molecular weight is 820 g/mol. The third kappa shape index (κ3) is 6.83. The van der Waals surface area contributed by atoms with Crippen molar-refractivity contribution in [2.75, 3.05) is 0 Å². The molecular weight excluding hydrogens is 775 g/mol. The van der Waals surface area contributed by atoms with Crippen LogP contribution in [0.1, 0.15) is 27.9 Å². The summed E-state index contributed by atoms with van der Waals surface area (Å²) in [5.74, 6) is 3.20. The quantitative estimate of drug-likeness (QED) is 0.136. The summed E-state index contributed by atoms with van der Waals surface area (Å²) in [6, 6.07) is 76.2. The van der Waals surface area contributed by atoms with Gasteiger partial charge in [0.25, 0.3) is 0 Å². The lowest BCUT2D eigenvalue weighted by Crippen LogP contribution is -2.13. The summed E-state index contributed by atoms with van der Waals surface area (Å²) in [6.07, 6.45) is 9.75. The van der Waals surface area contributed by atoms with Gasteiger partial charge in [-0.15, -0.1) is 6.42 Å². The number of allylic oxidation sites excluding steroid dienone is 1. The van der Waals surface area contributed by atoms with Crippen LogP contribution in [0.5, 0.6) is 0 Å². The molecule has 0 amide bonds. The van der Waals surface area contributed by atoms with Crippen molar-refractivity contribution in [1.29, 1.82) is 0 Å². The fraction of sp³-hybridized carbons (Fsp3) is 0.0492. The van der Waals surface area contributed by atoms with Crippen LogP contribution >= 0.6 is 0 Å². The second-order valence-corrected chi connectivity index (χ2v) is 16.5. The van der Waals surface area contributed by atoms with Gasteiger partial charge in [0.2, 0.25) is 0 Å². The van der Waals surface area contributed by atoms with Gasteiger partial charge < -0.3 is 14.5 Å². The lowest BCUT2D eigenvalue weighted by Gasteiger charge is -2.19. The van der Waals surface area contributed by atoms with Crippen molar-refractivity contribution in [2.45, 2.75) is 19.9 Å². The molecule has 0 unspecified atom stereocenters. The van der Waals surface area contributed by atoms with Crippen LogP contribution in [0, 0.1) is 19.3 Å². The molecule has 2 heterocycles. The molecule has 1 N–H and O–H groups in total. The molecule has 2 aromatic heterocycles. The number of fused-ring (bicyclic) bond motifs is 6. The van der Waals surface area contributed by atoms with E-state index in [-0.39, 0.29) is 0 Å². The molecule has 9 aromatic carbocycles. The summed E-state index contributed by atoms with van der Waals surface area (Å²) in [5.41, 5.74) is 16.6. The Bertz CT molecular complexity index is 3600. The zero-order valence-electron chi connectivity index (χ0n) is 35.7. The van der Waals surface area contributed by atoms with E-state index in [2.05, 4.69) is 246 Å². The Kier molecular flexibility index (Phi) is 9.96. The largest absolute Gasteiger partial charge is 0.381 e. The van der Waals surface area contributed by atoms with Gasteiger partial charge in [0.1, 0.15) is 5.69 Å². The molecule has 0 atom stereocenters. The molecule has 0 spiro atoms. The first kappa shape index (κ1) is 38.6. The van der Waals surface area contributed by atoms with Gasteiger partial charge in [0, 0.05) is 50.9 Å². The molecule has 0 fully saturated rings. The van der Waals surface area contributed by atoms with Crippen LogP contribution in [0.2, 0.25) is 0 Å².